The molecule has 0 fully saturated rings. The fourth-order valence-corrected chi connectivity index (χ4v) is 2.88. The summed E-state index contributed by atoms with van der Waals surface area (Å²) < 4.78 is 26.8. The van der Waals surface area contributed by atoms with Gasteiger partial charge >= 0.3 is 5.69 Å². The lowest BCUT2D eigenvalue weighted by Gasteiger charge is -2.05. The molecule has 0 aliphatic heterocycles. The molecule has 0 bridgehead atoms. The Morgan fingerprint density at radius 1 is 1.16 bits per heavy atom. The van der Waals surface area contributed by atoms with Gasteiger partial charge in [0, 0.05) is 26.9 Å². The molecule has 0 saturated carbocycles. The van der Waals surface area contributed by atoms with Gasteiger partial charge in [-0.25, -0.2) is 13.2 Å². The van der Waals surface area contributed by atoms with E-state index in [1.165, 1.54) is 18.7 Å². The quantitative estimate of drug-likeness (QED) is 0.695. The predicted octanol–water partition coefficient (Wildman–Crippen LogP) is -1.14. The van der Waals surface area contributed by atoms with Crippen molar-refractivity contribution in [1.29, 1.82) is 0 Å². The molecule has 0 aliphatic carbocycles. The van der Waals surface area contributed by atoms with E-state index in [1.54, 1.807) is 6.92 Å². The van der Waals surface area contributed by atoms with E-state index in [4.69, 9.17) is 0 Å². The summed E-state index contributed by atoms with van der Waals surface area (Å²) in [6.45, 7) is 1.98. The van der Waals surface area contributed by atoms with Crippen molar-refractivity contribution in [1.82, 2.24) is 18.7 Å². The van der Waals surface area contributed by atoms with Crippen molar-refractivity contribution in [3.8, 4) is 0 Å². The van der Waals surface area contributed by atoms with Gasteiger partial charge in [-0.2, -0.15) is 4.98 Å². The van der Waals surface area contributed by atoms with Crippen LogP contribution in [-0.2, 0) is 30.5 Å². The Bertz CT molecular complexity index is 885. The van der Waals surface area contributed by atoms with Crippen LogP contribution in [0.2, 0.25) is 0 Å². The van der Waals surface area contributed by atoms with Crippen LogP contribution < -0.4 is 11.2 Å². The molecule has 0 atom stereocenters. The van der Waals surface area contributed by atoms with Crippen molar-refractivity contribution in [2.45, 2.75) is 18.6 Å². The molecule has 8 nitrogen and oxygen atoms in total. The SMILES string of the molecule is CCn1c(S(C)(=O)=O)nc2c1c(=O)n(C)c(=O)n2C. The molecule has 0 amide bonds. The van der Waals surface area contributed by atoms with E-state index >= 15 is 0 Å². The van der Waals surface area contributed by atoms with E-state index < -0.39 is 21.1 Å². The number of fused-ring (bicyclic) bond motifs is 1. The Hall–Kier alpha value is -1.90. The average Bonchev–Trinajstić information content (AvgIpc) is 2.73. The van der Waals surface area contributed by atoms with E-state index in [1.807, 2.05) is 0 Å². The molecule has 0 unspecified atom stereocenters. The van der Waals surface area contributed by atoms with Crippen molar-refractivity contribution >= 4 is 21.0 Å². The van der Waals surface area contributed by atoms with Gasteiger partial charge < -0.3 is 4.57 Å². The number of imidazole rings is 1. The van der Waals surface area contributed by atoms with Crippen LogP contribution in [0.1, 0.15) is 6.92 Å². The van der Waals surface area contributed by atoms with Gasteiger partial charge in [-0.1, -0.05) is 0 Å². The van der Waals surface area contributed by atoms with Crippen molar-refractivity contribution in [3.63, 3.8) is 0 Å². The van der Waals surface area contributed by atoms with Gasteiger partial charge in [0.2, 0.25) is 15.0 Å². The third-order valence-electron chi connectivity index (χ3n) is 2.96. The molecule has 0 saturated heterocycles. The average molecular weight is 286 g/mol. The number of rotatable bonds is 2. The van der Waals surface area contributed by atoms with E-state index in [-0.39, 0.29) is 22.9 Å². The van der Waals surface area contributed by atoms with Crippen molar-refractivity contribution in [2.75, 3.05) is 6.26 Å². The molecule has 9 heteroatoms. The molecular weight excluding hydrogens is 272 g/mol. The Morgan fingerprint density at radius 2 is 1.74 bits per heavy atom. The van der Waals surface area contributed by atoms with Gasteiger partial charge in [-0.3, -0.25) is 13.9 Å². The lowest BCUT2D eigenvalue weighted by Crippen LogP contribution is -2.37. The van der Waals surface area contributed by atoms with E-state index in [0.29, 0.717) is 0 Å². The number of sulfone groups is 1. The summed E-state index contributed by atoms with van der Waals surface area (Å²) in [5.41, 5.74) is -0.899. The topological polar surface area (TPSA) is 96.0 Å². The van der Waals surface area contributed by atoms with Gasteiger partial charge in [0.05, 0.1) is 0 Å². The zero-order valence-electron chi connectivity index (χ0n) is 11.0. The van der Waals surface area contributed by atoms with Gasteiger partial charge in [0.25, 0.3) is 5.56 Å². The van der Waals surface area contributed by atoms with Crippen LogP contribution in [0.3, 0.4) is 0 Å². The van der Waals surface area contributed by atoms with Gasteiger partial charge in [0.1, 0.15) is 0 Å². The number of aromatic nitrogens is 4. The van der Waals surface area contributed by atoms with E-state index in [0.717, 1.165) is 15.4 Å². The second-order valence-corrected chi connectivity index (χ2v) is 6.20. The van der Waals surface area contributed by atoms with Gasteiger partial charge in [0.15, 0.2) is 11.2 Å². The van der Waals surface area contributed by atoms with Crippen LogP contribution in [0.25, 0.3) is 11.2 Å². The largest absolute Gasteiger partial charge is 0.332 e. The number of hydrogen-bond donors (Lipinski definition) is 0. The Balaban J connectivity index is 3.19. The highest BCUT2D eigenvalue weighted by Gasteiger charge is 2.23. The zero-order valence-corrected chi connectivity index (χ0v) is 11.9. The summed E-state index contributed by atoms with van der Waals surface area (Å²) in [4.78, 5) is 27.8. The zero-order chi connectivity index (χ0) is 14.5. The monoisotopic (exact) mass is 286 g/mol. The summed E-state index contributed by atoms with van der Waals surface area (Å²) in [5, 5.41) is -0.205. The number of hydrogen-bond acceptors (Lipinski definition) is 5. The summed E-state index contributed by atoms with van der Waals surface area (Å²) in [7, 11) is -0.786. The molecule has 0 spiro atoms. The maximum absolute atomic E-state index is 12.1. The smallest absolute Gasteiger partial charge is 0.309 e. The highest BCUT2D eigenvalue weighted by Crippen LogP contribution is 2.15. The molecule has 104 valence electrons. The molecule has 2 rings (SSSR count). The number of aryl methyl sites for hydroxylation is 2. The summed E-state index contributed by atoms with van der Waals surface area (Å²) in [5.74, 6) is 0. The Labute approximate surface area is 108 Å². The van der Waals surface area contributed by atoms with Crippen LogP contribution in [0.15, 0.2) is 14.7 Å². The standard InChI is InChI=1S/C10H14N4O4S/c1-5-14-6-7(11-9(14)19(4,17)18)12(2)10(16)13(3)8(6)15/h5H2,1-4H3. The Morgan fingerprint density at radius 3 is 2.21 bits per heavy atom. The van der Waals surface area contributed by atoms with Crippen LogP contribution in [0, 0.1) is 0 Å². The first-order chi connectivity index (χ1) is 8.70. The minimum Gasteiger partial charge on any atom is -0.309 e. The number of nitrogens with zero attached hydrogens (tertiary/aromatic N) is 4. The second-order valence-electron chi connectivity index (χ2n) is 4.29. The molecule has 0 aromatic carbocycles. The second kappa shape index (κ2) is 4.05. The van der Waals surface area contributed by atoms with E-state index in [9.17, 15) is 18.0 Å². The van der Waals surface area contributed by atoms with Crippen LogP contribution in [0.4, 0.5) is 0 Å². The molecule has 2 aromatic heterocycles. The van der Waals surface area contributed by atoms with Gasteiger partial charge in [-0.05, 0) is 6.92 Å². The highest BCUT2D eigenvalue weighted by atomic mass is 32.2. The molecule has 19 heavy (non-hydrogen) atoms. The van der Waals surface area contributed by atoms with Crippen LogP contribution in [0.5, 0.6) is 0 Å². The minimum atomic E-state index is -3.58. The lowest BCUT2D eigenvalue weighted by molar-refractivity contribution is 0.577. The molecular formula is C10H14N4O4S. The maximum Gasteiger partial charge on any atom is 0.332 e. The summed E-state index contributed by atoms with van der Waals surface area (Å²) >= 11 is 0. The first-order valence-corrected chi connectivity index (χ1v) is 7.45. The van der Waals surface area contributed by atoms with Gasteiger partial charge in [-0.15, -0.1) is 0 Å². The molecule has 0 aliphatic rings. The van der Waals surface area contributed by atoms with Crippen LogP contribution >= 0.6 is 0 Å². The molecule has 0 N–H and O–H groups in total. The minimum absolute atomic E-state index is 0.0791. The van der Waals surface area contributed by atoms with Crippen LogP contribution in [-0.4, -0.2) is 33.4 Å². The third kappa shape index (κ3) is 1.81. The lowest BCUT2D eigenvalue weighted by atomic mass is 10.5. The van der Waals surface area contributed by atoms with Crippen molar-refractivity contribution < 1.29 is 8.42 Å². The molecule has 2 heterocycles. The first-order valence-electron chi connectivity index (χ1n) is 5.56. The fourth-order valence-electron chi connectivity index (χ4n) is 2.00. The first kappa shape index (κ1) is 13.5. The Kier molecular flexibility index (Phi) is 2.89. The highest BCUT2D eigenvalue weighted by molar-refractivity contribution is 7.90. The predicted molar refractivity (Wildman–Crippen MR) is 69.0 cm³/mol. The molecule has 2 aromatic rings. The summed E-state index contributed by atoms with van der Waals surface area (Å²) in [6, 6.07) is 0. The van der Waals surface area contributed by atoms with E-state index in [2.05, 4.69) is 4.98 Å². The normalized spacial score (nSPS) is 12.2. The molecule has 0 radical (unpaired) electrons. The maximum atomic E-state index is 12.1. The van der Waals surface area contributed by atoms with Crippen molar-refractivity contribution in [3.05, 3.63) is 20.8 Å². The summed E-state index contributed by atoms with van der Waals surface area (Å²) in [6.07, 6.45) is 1.02. The third-order valence-corrected chi connectivity index (χ3v) is 3.94. The van der Waals surface area contributed by atoms with Crippen molar-refractivity contribution in [2.24, 2.45) is 14.1 Å². The fraction of sp³-hybridized carbons (Fsp3) is 0.500.